The molecule has 1 amide bonds. The molecule has 0 aliphatic heterocycles. The molecular formula is C13H20N2O2. The van der Waals surface area contributed by atoms with Crippen molar-refractivity contribution in [3.8, 4) is 0 Å². The zero-order valence-corrected chi connectivity index (χ0v) is 10.4. The first-order valence-electron chi connectivity index (χ1n) is 6.17. The summed E-state index contributed by atoms with van der Waals surface area (Å²) in [5.41, 5.74) is 5.91. The lowest BCUT2D eigenvalue weighted by Crippen LogP contribution is -2.34. The van der Waals surface area contributed by atoms with Crippen LogP contribution in [0.3, 0.4) is 0 Å². The largest absolute Gasteiger partial charge is 0.464 e. The maximum atomic E-state index is 11.7. The molecular weight excluding hydrogens is 216 g/mol. The number of nitrogens with one attached hydrogen (secondary N) is 1. The summed E-state index contributed by atoms with van der Waals surface area (Å²) in [6, 6.07) is 3.71. The van der Waals surface area contributed by atoms with E-state index in [2.05, 4.69) is 5.32 Å². The van der Waals surface area contributed by atoms with Gasteiger partial charge in [0.25, 0.3) is 0 Å². The van der Waals surface area contributed by atoms with Gasteiger partial charge in [-0.05, 0) is 44.7 Å². The summed E-state index contributed by atoms with van der Waals surface area (Å²) >= 11 is 0. The highest BCUT2D eigenvalue weighted by molar-refractivity contribution is 5.77. The van der Waals surface area contributed by atoms with E-state index in [0.29, 0.717) is 12.3 Å². The Hall–Kier alpha value is -1.29. The molecule has 1 aliphatic rings. The van der Waals surface area contributed by atoms with Crippen molar-refractivity contribution < 1.29 is 9.21 Å². The lowest BCUT2D eigenvalue weighted by atomic mass is 10.1. The molecule has 1 aromatic rings. The molecule has 2 unspecified atom stereocenters. The minimum atomic E-state index is -0.0948. The van der Waals surface area contributed by atoms with Crippen molar-refractivity contribution in [3.63, 3.8) is 0 Å². The van der Waals surface area contributed by atoms with Crippen molar-refractivity contribution in [2.45, 2.75) is 45.2 Å². The lowest BCUT2D eigenvalue weighted by molar-refractivity contribution is -0.122. The van der Waals surface area contributed by atoms with Gasteiger partial charge >= 0.3 is 0 Å². The van der Waals surface area contributed by atoms with Crippen molar-refractivity contribution in [3.05, 3.63) is 23.7 Å². The summed E-state index contributed by atoms with van der Waals surface area (Å²) in [4.78, 5) is 11.7. The second-order valence-electron chi connectivity index (χ2n) is 4.94. The fourth-order valence-electron chi connectivity index (χ4n) is 1.96. The average molecular weight is 236 g/mol. The molecule has 94 valence electrons. The fraction of sp³-hybridized carbons (Fsp3) is 0.615. The van der Waals surface area contributed by atoms with Crippen LogP contribution in [0.15, 0.2) is 16.5 Å². The summed E-state index contributed by atoms with van der Waals surface area (Å²) in [6.45, 7) is 3.81. The number of aryl methyl sites for hydroxylation is 1. The Morgan fingerprint density at radius 2 is 2.29 bits per heavy atom. The van der Waals surface area contributed by atoms with Crippen LogP contribution in [-0.2, 0) is 4.79 Å². The van der Waals surface area contributed by atoms with Gasteiger partial charge in [-0.25, -0.2) is 0 Å². The molecule has 0 saturated heterocycles. The quantitative estimate of drug-likeness (QED) is 0.820. The van der Waals surface area contributed by atoms with Gasteiger partial charge in [0.2, 0.25) is 5.91 Å². The number of rotatable bonds is 5. The van der Waals surface area contributed by atoms with Crippen LogP contribution in [0.4, 0.5) is 0 Å². The Kier molecular flexibility index (Phi) is 3.52. The van der Waals surface area contributed by atoms with E-state index >= 15 is 0 Å². The van der Waals surface area contributed by atoms with Gasteiger partial charge in [0.15, 0.2) is 0 Å². The van der Waals surface area contributed by atoms with Crippen LogP contribution in [0, 0.1) is 12.8 Å². The van der Waals surface area contributed by atoms with E-state index in [4.69, 9.17) is 10.2 Å². The van der Waals surface area contributed by atoms with Gasteiger partial charge < -0.3 is 15.5 Å². The number of carbonyl (C=O) groups excluding carboxylic acids is 1. The smallest absolute Gasteiger partial charge is 0.222 e. The standard InChI is InChI=1S/C13H20N2O2/c1-8-3-6-12(17-8)9(2)15-13(16)7-11(14)10-4-5-10/h3,6,9-11H,4-5,7,14H2,1-2H3,(H,15,16). The molecule has 2 rings (SSSR count). The molecule has 1 aliphatic carbocycles. The van der Waals surface area contributed by atoms with E-state index < -0.39 is 0 Å². The highest BCUT2D eigenvalue weighted by Gasteiger charge is 2.30. The van der Waals surface area contributed by atoms with E-state index in [0.717, 1.165) is 11.5 Å². The summed E-state index contributed by atoms with van der Waals surface area (Å²) in [6.07, 6.45) is 2.75. The lowest BCUT2D eigenvalue weighted by Gasteiger charge is -2.14. The van der Waals surface area contributed by atoms with Gasteiger partial charge in [0.1, 0.15) is 11.5 Å². The maximum Gasteiger partial charge on any atom is 0.222 e. The molecule has 2 atom stereocenters. The molecule has 0 bridgehead atoms. The van der Waals surface area contributed by atoms with Crippen molar-refractivity contribution in [1.29, 1.82) is 0 Å². The Balaban J connectivity index is 1.81. The summed E-state index contributed by atoms with van der Waals surface area (Å²) in [5, 5.41) is 2.91. The maximum absolute atomic E-state index is 11.7. The molecule has 0 spiro atoms. The average Bonchev–Trinajstić information content (AvgIpc) is 3.01. The van der Waals surface area contributed by atoms with Crippen LogP contribution in [0.1, 0.15) is 43.7 Å². The Labute approximate surface area is 102 Å². The molecule has 4 nitrogen and oxygen atoms in total. The minimum absolute atomic E-state index is 0.00551. The van der Waals surface area contributed by atoms with Crippen LogP contribution in [0.5, 0.6) is 0 Å². The van der Waals surface area contributed by atoms with Crippen LogP contribution in [0.25, 0.3) is 0 Å². The minimum Gasteiger partial charge on any atom is -0.464 e. The fourth-order valence-corrected chi connectivity index (χ4v) is 1.96. The first-order valence-corrected chi connectivity index (χ1v) is 6.17. The van der Waals surface area contributed by atoms with Gasteiger partial charge in [0, 0.05) is 12.5 Å². The molecule has 0 radical (unpaired) electrons. The number of furan rings is 1. The van der Waals surface area contributed by atoms with Crippen molar-refractivity contribution in [1.82, 2.24) is 5.32 Å². The highest BCUT2D eigenvalue weighted by Crippen LogP contribution is 2.32. The molecule has 1 heterocycles. The number of nitrogens with two attached hydrogens (primary N) is 1. The van der Waals surface area contributed by atoms with E-state index in [1.54, 1.807) is 0 Å². The normalized spacial score (nSPS) is 18.8. The number of amides is 1. The van der Waals surface area contributed by atoms with Gasteiger partial charge in [-0.15, -0.1) is 0 Å². The molecule has 3 N–H and O–H groups in total. The van der Waals surface area contributed by atoms with Gasteiger partial charge in [0.05, 0.1) is 6.04 Å². The van der Waals surface area contributed by atoms with E-state index in [-0.39, 0.29) is 18.0 Å². The predicted octanol–water partition coefficient (Wildman–Crippen LogP) is 1.89. The summed E-state index contributed by atoms with van der Waals surface area (Å²) in [7, 11) is 0. The van der Waals surface area contributed by atoms with Crippen molar-refractivity contribution in [2.75, 3.05) is 0 Å². The number of hydrogen-bond acceptors (Lipinski definition) is 3. The predicted molar refractivity (Wildman–Crippen MR) is 65.3 cm³/mol. The third kappa shape index (κ3) is 3.33. The highest BCUT2D eigenvalue weighted by atomic mass is 16.3. The number of carbonyl (C=O) groups is 1. The third-order valence-electron chi connectivity index (χ3n) is 3.21. The third-order valence-corrected chi connectivity index (χ3v) is 3.21. The Morgan fingerprint density at radius 1 is 1.59 bits per heavy atom. The summed E-state index contributed by atoms with van der Waals surface area (Å²) < 4.78 is 5.46. The topological polar surface area (TPSA) is 68.3 Å². The van der Waals surface area contributed by atoms with Gasteiger partial charge in [-0.3, -0.25) is 4.79 Å². The van der Waals surface area contributed by atoms with Crippen molar-refractivity contribution in [2.24, 2.45) is 11.7 Å². The number of hydrogen-bond donors (Lipinski definition) is 2. The molecule has 1 aromatic heterocycles. The monoisotopic (exact) mass is 236 g/mol. The zero-order valence-electron chi connectivity index (χ0n) is 10.4. The molecule has 1 saturated carbocycles. The second-order valence-corrected chi connectivity index (χ2v) is 4.94. The molecule has 1 fully saturated rings. The van der Waals surface area contributed by atoms with Crippen LogP contribution in [-0.4, -0.2) is 11.9 Å². The first-order chi connectivity index (χ1) is 8.06. The van der Waals surface area contributed by atoms with Crippen LogP contribution in [0.2, 0.25) is 0 Å². The Bertz CT molecular complexity index is 396. The van der Waals surface area contributed by atoms with E-state index in [9.17, 15) is 4.79 Å². The van der Waals surface area contributed by atoms with Gasteiger partial charge in [-0.2, -0.15) is 0 Å². The molecule has 17 heavy (non-hydrogen) atoms. The van der Waals surface area contributed by atoms with Crippen LogP contribution >= 0.6 is 0 Å². The van der Waals surface area contributed by atoms with E-state index in [1.807, 2.05) is 26.0 Å². The molecule has 0 aromatic carbocycles. The first kappa shape index (κ1) is 12.2. The van der Waals surface area contributed by atoms with E-state index in [1.165, 1.54) is 12.8 Å². The summed E-state index contributed by atoms with van der Waals surface area (Å²) in [5.74, 6) is 2.21. The zero-order chi connectivity index (χ0) is 12.4. The van der Waals surface area contributed by atoms with Gasteiger partial charge in [-0.1, -0.05) is 0 Å². The van der Waals surface area contributed by atoms with Crippen LogP contribution < -0.4 is 11.1 Å². The molecule has 4 heteroatoms. The Morgan fingerprint density at radius 3 is 2.82 bits per heavy atom. The van der Waals surface area contributed by atoms with Crippen molar-refractivity contribution >= 4 is 5.91 Å². The SMILES string of the molecule is Cc1ccc(C(C)NC(=O)CC(N)C2CC2)o1. The second kappa shape index (κ2) is 4.92.